The number of aromatic amines is 1. The summed E-state index contributed by atoms with van der Waals surface area (Å²) in [6.07, 6.45) is 4.69. The second kappa shape index (κ2) is 10.2. The van der Waals surface area contributed by atoms with Crippen LogP contribution >= 0.6 is 23.2 Å². The first kappa shape index (κ1) is 24.8. The van der Waals surface area contributed by atoms with Crippen LogP contribution in [0.25, 0.3) is 22.2 Å². The molecule has 10 nitrogen and oxygen atoms in total. The van der Waals surface area contributed by atoms with Gasteiger partial charge in [0.25, 0.3) is 5.91 Å². The summed E-state index contributed by atoms with van der Waals surface area (Å²) in [7, 11) is 2.99. The summed E-state index contributed by atoms with van der Waals surface area (Å²) in [5.74, 6) is 0.731. The van der Waals surface area contributed by atoms with Gasteiger partial charge in [-0.15, -0.1) is 0 Å². The topological polar surface area (TPSA) is 129 Å². The third-order valence-electron chi connectivity index (χ3n) is 6.11. The van der Waals surface area contributed by atoms with Crippen molar-refractivity contribution in [2.24, 2.45) is 5.92 Å². The lowest BCUT2D eigenvalue weighted by atomic mass is 9.99. The van der Waals surface area contributed by atoms with Gasteiger partial charge in [0.2, 0.25) is 5.95 Å². The molecule has 2 aromatic heterocycles. The molecule has 2 N–H and O–H groups in total. The van der Waals surface area contributed by atoms with Gasteiger partial charge in [-0.25, -0.2) is 4.98 Å². The molecule has 4 aromatic rings. The van der Waals surface area contributed by atoms with Crippen molar-refractivity contribution in [2.45, 2.75) is 6.54 Å². The predicted molar refractivity (Wildman–Crippen MR) is 139 cm³/mol. The van der Waals surface area contributed by atoms with Crippen LogP contribution in [0, 0.1) is 17.2 Å². The number of fused-ring (bicyclic) bond motifs is 1. The van der Waals surface area contributed by atoms with Crippen molar-refractivity contribution in [3.05, 3.63) is 58.1 Å². The van der Waals surface area contributed by atoms with Crippen molar-refractivity contribution in [1.29, 1.82) is 5.26 Å². The summed E-state index contributed by atoms with van der Waals surface area (Å²) >= 11 is 13.3. The van der Waals surface area contributed by atoms with Gasteiger partial charge in [0, 0.05) is 49.2 Å². The van der Waals surface area contributed by atoms with Gasteiger partial charge in [-0.2, -0.15) is 5.26 Å². The van der Waals surface area contributed by atoms with Crippen LogP contribution in [0.15, 0.2) is 36.8 Å². The quantitative estimate of drug-likeness (QED) is 0.351. The van der Waals surface area contributed by atoms with Gasteiger partial charge in [0.1, 0.15) is 17.0 Å². The highest BCUT2D eigenvalue weighted by Crippen LogP contribution is 2.47. The van der Waals surface area contributed by atoms with Crippen LogP contribution in [0.5, 0.6) is 11.5 Å². The first-order valence-electron chi connectivity index (χ1n) is 11.2. The van der Waals surface area contributed by atoms with Gasteiger partial charge in [-0.1, -0.05) is 29.3 Å². The molecule has 1 aliphatic rings. The molecule has 2 aromatic carbocycles. The average molecular weight is 538 g/mol. The standard InChI is InChI=1S/C25H21Cl2N7O3/c1-36-17-7-18(37-2)21(27)19(20(17)26)15-3-4-16(23-22(15)29-5-6-30-23)24(35)33-25-31-9-14(32-25)12-34-10-13(8-28)11-34/h3-7,9,13H,10-12H2,1-2H3,(H2,31,32,33,35). The second-order valence-corrected chi connectivity index (χ2v) is 9.19. The average Bonchev–Trinajstić information content (AvgIpc) is 3.32. The molecular formula is C25H21Cl2N7O3. The number of benzene rings is 2. The van der Waals surface area contributed by atoms with Gasteiger partial charge in [-0.05, 0) is 6.07 Å². The van der Waals surface area contributed by atoms with Gasteiger partial charge in [0.15, 0.2) is 0 Å². The molecule has 37 heavy (non-hydrogen) atoms. The summed E-state index contributed by atoms with van der Waals surface area (Å²) in [6.45, 7) is 2.07. The number of carbonyl (C=O) groups excluding carboxylic acids is 1. The molecule has 0 saturated carbocycles. The van der Waals surface area contributed by atoms with E-state index in [1.54, 1.807) is 24.4 Å². The lowest BCUT2D eigenvalue weighted by molar-refractivity contribution is 0.102. The number of nitriles is 1. The lowest BCUT2D eigenvalue weighted by Crippen LogP contribution is -2.45. The Kier molecular flexibility index (Phi) is 6.84. The van der Waals surface area contributed by atoms with E-state index < -0.39 is 5.91 Å². The van der Waals surface area contributed by atoms with Crippen molar-refractivity contribution in [3.8, 4) is 28.7 Å². The SMILES string of the molecule is COc1cc(OC)c(Cl)c(-c2ccc(C(=O)Nc3ncc(CN4CC(C#N)C4)[nH]3)c3nccnc23)c1Cl. The van der Waals surface area contributed by atoms with E-state index in [1.165, 1.54) is 26.6 Å². The molecule has 0 atom stereocenters. The molecule has 3 heterocycles. The molecule has 1 amide bonds. The molecule has 188 valence electrons. The number of likely N-dealkylation sites (tertiary alicyclic amines) is 1. The van der Waals surface area contributed by atoms with Gasteiger partial charge >= 0.3 is 0 Å². The van der Waals surface area contributed by atoms with Crippen LogP contribution in [-0.2, 0) is 6.54 Å². The fourth-order valence-corrected chi connectivity index (χ4v) is 4.97. The fourth-order valence-electron chi connectivity index (χ4n) is 4.26. The number of aromatic nitrogens is 4. The fraction of sp³-hybridized carbons (Fsp3) is 0.240. The number of carbonyl (C=O) groups is 1. The van der Waals surface area contributed by atoms with E-state index in [9.17, 15) is 4.79 Å². The van der Waals surface area contributed by atoms with Crippen LogP contribution in [0.1, 0.15) is 16.1 Å². The molecule has 5 rings (SSSR count). The van der Waals surface area contributed by atoms with Crippen molar-refractivity contribution in [2.75, 3.05) is 32.6 Å². The largest absolute Gasteiger partial charge is 0.495 e. The molecule has 12 heteroatoms. The lowest BCUT2D eigenvalue weighted by Gasteiger charge is -2.34. The molecule has 0 unspecified atom stereocenters. The number of nitrogens with zero attached hydrogens (tertiary/aromatic N) is 5. The van der Waals surface area contributed by atoms with Gasteiger partial charge < -0.3 is 14.5 Å². The van der Waals surface area contributed by atoms with Crippen molar-refractivity contribution < 1.29 is 14.3 Å². The molecule has 0 aliphatic carbocycles. The summed E-state index contributed by atoms with van der Waals surface area (Å²) < 4.78 is 10.8. The van der Waals surface area contributed by atoms with E-state index >= 15 is 0 Å². The van der Waals surface area contributed by atoms with Crippen LogP contribution in [0.4, 0.5) is 5.95 Å². The molecular weight excluding hydrogens is 517 g/mol. The Morgan fingerprint density at radius 2 is 1.81 bits per heavy atom. The number of rotatable bonds is 7. The Morgan fingerprint density at radius 3 is 2.46 bits per heavy atom. The number of hydrogen-bond donors (Lipinski definition) is 2. The third kappa shape index (κ3) is 4.64. The van der Waals surface area contributed by atoms with E-state index in [2.05, 4.69) is 36.2 Å². The highest BCUT2D eigenvalue weighted by Gasteiger charge is 2.27. The summed E-state index contributed by atoms with van der Waals surface area (Å²) in [5.41, 5.74) is 2.95. The molecule has 1 aliphatic heterocycles. The summed E-state index contributed by atoms with van der Waals surface area (Å²) in [6, 6.07) is 7.19. The zero-order chi connectivity index (χ0) is 26.1. The van der Waals surface area contributed by atoms with Crippen LogP contribution < -0.4 is 14.8 Å². The third-order valence-corrected chi connectivity index (χ3v) is 6.86. The minimum absolute atomic E-state index is 0.0716. The van der Waals surface area contributed by atoms with E-state index in [4.69, 9.17) is 37.9 Å². The Morgan fingerprint density at radius 1 is 1.14 bits per heavy atom. The van der Waals surface area contributed by atoms with Crippen molar-refractivity contribution in [1.82, 2.24) is 24.8 Å². The number of methoxy groups -OCH3 is 2. The molecule has 1 fully saturated rings. The zero-order valence-corrected chi connectivity index (χ0v) is 21.4. The number of imidazole rings is 1. The predicted octanol–water partition coefficient (Wildman–Crippen LogP) is 4.55. The maximum absolute atomic E-state index is 13.2. The van der Waals surface area contributed by atoms with E-state index in [0.717, 1.165) is 18.8 Å². The molecule has 0 bridgehead atoms. The number of hydrogen-bond acceptors (Lipinski definition) is 8. The highest BCUT2D eigenvalue weighted by molar-refractivity contribution is 6.41. The van der Waals surface area contributed by atoms with Gasteiger partial charge in [0.05, 0.1) is 59.2 Å². The summed E-state index contributed by atoms with van der Waals surface area (Å²) in [5, 5.41) is 12.3. The van der Waals surface area contributed by atoms with Gasteiger partial charge in [-0.3, -0.25) is 25.0 Å². The first-order valence-corrected chi connectivity index (χ1v) is 12.0. The second-order valence-electron chi connectivity index (χ2n) is 8.43. The van der Waals surface area contributed by atoms with Crippen LogP contribution in [0.3, 0.4) is 0 Å². The smallest absolute Gasteiger partial charge is 0.260 e. The van der Waals surface area contributed by atoms with Crippen LogP contribution in [-0.4, -0.2) is 58.1 Å². The number of halogens is 2. The number of anilines is 1. The van der Waals surface area contributed by atoms with E-state index in [0.29, 0.717) is 51.7 Å². The van der Waals surface area contributed by atoms with E-state index in [-0.39, 0.29) is 16.0 Å². The maximum atomic E-state index is 13.2. The maximum Gasteiger partial charge on any atom is 0.260 e. The number of nitrogens with one attached hydrogen (secondary N) is 2. The zero-order valence-electron chi connectivity index (χ0n) is 19.9. The Bertz CT molecular complexity index is 1520. The molecule has 0 radical (unpaired) electrons. The highest BCUT2D eigenvalue weighted by atomic mass is 35.5. The molecule has 1 saturated heterocycles. The Labute approximate surface area is 222 Å². The first-order chi connectivity index (χ1) is 17.9. The monoisotopic (exact) mass is 537 g/mol. The number of ether oxygens (including phenoxy) is 2. The number of amides is 1. The van der Waals surface area contributed by atoms with Crippen LogP contribution in [0.2, 0.25) is 10.0 Å². The minimum Gasteiger partial charge on any atom is -0.495 e. The summed E-state index contributed by atoms with van der Waals surface area (Å²) in [4.78, 5) is 31.6. The normalized spacial score (nSPS) is 13.7. The Balaban J connectivity index is 1.46. The number of H-pyrrole nitrogens is 1. The van der Waals surface area contributed by atoms with E-state index in [1.807, 2.05) is 0 Å². The molecule has 0 spiro atoms. The van der Waals surface area contributed by atoms with Crippen molar-refractivity contribution >= 4 is 46.1 Å². The van der Waals surface area contributed by atoms with Crippen molar-refractivity contribution in [3.63, 3.8) is 0 Å². The minimum atomic E-state index is -0.410. The Hall–Kier alpha value is -3.91.